The maximum absolute atomic E-state index is 11.9. The van der Waals surface area contributed by atoms with Crippen LogP contribution in [0.2, 0.25) is 0 Å². The van der Waals surface area contributed by atoms with Crippen LogP contribution in [0.1, 0.15) is 30.1 Å². The van der Waals surface area contributed by atoms with Crippen LogP contribution in [0.3, 0.4) is 0 Å². The molecule has 0 aliphatic heterocycles. The van der Waals surface area contributed by atoms with Gasteiger partial charge in [-0.2, -0.15) is 0 Å². The minimum Gasteiger partial charge on any atom is -0.457 e. The van der Waals surface area contributed by atoms with Crippen LogP contribution < -0.4 is 0 Å². The van der Waals surface area contributed by atoms with Crippen LogP contribution in [0.5, 0.6) is 0 Å². The topological polar surface area (TPSA) is 43.4 Å². The van der Waals surface area contributed by atoms with Crippen molar-refractivity contribution < 1.29 is 14.3 Å². The third-order valence-corrected chi connectivity index (χ3v) is 3.99. The third-order valence-electron chi connectivity index (χ3n) is 2.97. The van der Waals surface area contributed by atoms with Crippen molar-refractivity contribution in [2.75, 3.05) is 6.61 Å². The van der Waals surface area contributed by atoms with Crippen molar-refractivity contribution in [3.05, 3.63) is 60.2 Å². The molecule has 0 N–H and O–H groups in total. The molecular weight excluding hydrogens is 296 g/mol. The molecule has 2 aromatic rings. The molecule has 0 heterocycles. The first-order chi connectivity index (χ1) is 10.7. The van der Waals surface area contributed by atoms with E-state index in [-0.39, 0.29) is 18.4 Å². The van der Waals surface area contributed by atoms with E-state index in [0.29, 0.717) is 12.0 Å². The fourth-order valence-corrected chi connectivity index (χ4v) is 2.68. The lowest BCUT2D eigenvalue weighted by Crippen LogP contribution is -2.13. The van der Waals surface area contributed by atoms with E-state index in [1.54, 1.807) is 23.9 Å². The lowest BCUT2D eigenvalue weighted by atomic mass is 10.1. The highest BCUT2D eigenvalue weighted by molar-refractivity contribution is 7.99. The molecule has 0 bridgehead atoms. The van der Waals surface area contributed by atoms with Gasteiger partial charge in [0.2, 0.25) is 0 Å². The SMILES string of the molecule is CCCC(=O)OCC(=O)c1ccc(Sc2ccccc2)cc1. The van der Waals surface area contributed by atoms with Gasteiger partial charge in [-0.3, -0.25) is 9.59 Å². The summed E-state index contributed by atoms with van der Waals surface area (Å²) in [6.07, 6.45) is 1.07. The van der Waals surface area contributed by atoms with Gasteiger partial charge in [-0.15, -0.1) is 0 Å². The summed E-state index contributed by atoms with van der Waals surface area (Å²) in [5.74, 6) is -0.507. The molecule has 0 aliphatic carbocycles. The van der Waals surface area contributed by atoms with Crippen molar-refractivity contribution in [1.82, 2.24) is 0 Å². The van der Waals surface area contributed by atoms with Gasteiger partial charge in [0.1, 0.15) is 0 Å². The van der Waals surface area contributed by atoms with E-state index in [0.717, 1.165) is 16.2 Å². The maximum atomic E-state index is 11.9. The van der Waals surface area contributed by atoms with Crippen molar-refractivity contribution in [3.63, 3.8) is 0 Å². The molecule has 0 aliphatic rings. The fraction of sp³-hybridized carbons (Fsp3) is 0.222. The number of hydrogen-bond donors (Lipinski definition) is 0. The van der Waals surface area contributed by atoms with Crippen LogP contribution in [0.4, 0.5) is 0 Å². The number of carbonyl (C=O) groups is 2. The van der Waals surface area contributed by atoms with Crippen LogP contribution in [-0.4, -0.2) is 18.4 Å². The smallest absolute Gasteiger partial charge is 0.306 e. The van der Waals surface area contributed by atoms with Crippen molar-refractivity contribution >= 4 is 23.5 Å². The number of rotatable bonds is 7. The Hall–Kier alpha value is -2.07. The van der Waals surface area contributed by atoms with Gasteiger partial charge >= 0.3 is 5.97 Å². The highest BCUT2D eigenvalue weighted by atomic mass is 32.2. The first kappa shape index (κ1) is 16.3. The summed E-state index contributed by atoms with van der Waals surface area (Å²) in [6.45, 7) is 1.70. The van der Waals surface area contributed by atoms with Crippen LogP contribution in [-0.2, 0) is 9.53 Å². The summed E-state index contributed by atoms with van der Waals surface area (Å²) < 4.78 is 4.93. The first-order valence-corrected chi connectivity index (χ1v) is 8.02. The Morgan fingerprint density at radius 2 is 1.59 bits per heavy atom. The zero-order valence-electron chi connectivity index (χ0n) is 12.5. The summed E-state index contributed by atoms with van der Waals surface area (Å²) in [6, 6.07) is 17.4. The Morgan fingerprint density at radius 1 is 0.955 bits per heavy atom. The monoisotopic (exact) mass is 314 g/mol. The molecule has 0 atom stereocenters. The van der Waals surface area contributed by atoms with Crippen molar-refractivity contribution in [3.8, 4) is 0 Å². The zero-order chi connectivity index (χ0) is 15.8. The van der Waals surface area contributed by atoms with Crippen molar-refractivity contribution in [2.24, 2.45) is 0 Å². The summed E-state index contributed by atoms with van der Waals surface area (Å²) in [7, 11) is 0. The molecule has 0 aromatic heterocycles. The molecule has 0 unspecified atom stereocenters. The van der Waals surface area contributed by atoms with E-state index in [1.807, 2.05) is 49.4 Å². The van der Waals surface area contributed by atoms with Crippen LogP contribution in [0.25, 0.3) is 0 Å². The van der Waals surface area contributed by atoms with E-state index < -0.39 is 0 Å². The van der Waals surface area contributed by atoms with Crippen LogP contribution >= 0.6 is 11.8 Å². The first-order valence-electron chi connectivity index (χ1n) is 7.21. The van der Waals surface area contributed by atoms with Crippen LogP contribution in [0, 0.1) is 0 Å². The number of ether oxygens (including phenoxy) is 1. The van der Waals surface area contributed by atoms with Gasteiger partial charge in [0.15, 0.2) is 12.4 Å². The molecule has 0 fully saturated rings. The predicted octanol–water partition coefficient (Wildman–Crippen LogP) is 4.36. The lowest BCUT2D eigenvalue weighted by molar-refractivity contribution is -0.142. The van der Waals surface area contributed by atoms with Gasteiger partial charge in [-0.1, -0.05) is 49.0 Å². The van der Waals surface area contributed by atoms with E-state index >= 15 is 0 Å². The molecular formula is C18H18O3S. The Kier molecular flexibility index (Phi) is 6.22. The molecule has 2 rings (SSSR count). The highest BCUT2D eigenvalue weighted by Gasteiger charge is 2.09. The second-order valence-electron chi connectivity index (χ2n) is 4.77. The Bertz CT molecular complexity index is 621. The Balaban J connectivity index is 1.91. The maximum Gasteiger partial charge on any atom is 0.306 e. The molecule has 0 saturated carbocycles. The quantitative estimate of drug-likeness (QED) is 0.562. The number of hydrogen-bond acceptors (Lipinski definition) is 4. The molecule has 0 saturated heterocycles. The second kappa shape index (κ2) is 8.39. The largest absolute Gasteiger partial charge is 0.457 e. The second-order valence-corrected chi connectivity index (χ2v) is 5.92. The number of benzene rings is 2. The van der Waals surface area contributed by atoms with Gasteiger partial charge in [0, 0.05) is 21.8 Å². The Morgan fingerprint density at radius 3 is 2.23 bits per heavy atom. The number of carbonyl (C=O) groups excluding carboxylic acids is 2. The summed E-state index contributed by atoms with van der Waals surface area (Å²) in [4.78, 5) is 25.4. The average molecular weight is 314 g/mol. The fourth-order valence-electron chi connectivity index (χ4n) is 1.84. The zero-order valence-corrected chi connectivity index (χ0v) is 13.3. The normalized spacial score (nSPS) is 10.2. The number of ketones is 1. The van der Waals surface area contributed by atoms with E-state index in [1.165, 1.54) is 0 Å². The predicted molar refractivity (Wildman–Crippen MR) is 87.2 cm³/mol. The Labute approximate surface area is 134 Å². The number of esters is 1. The molecule has 3 nitrogen and oxygen atoms in total. The van der Waals surface area contributed by atoms with Gasteiger partial charge in [-0.05, 0) is 30.7 Å². The van der Waals surface area contributed by atoms with E-state index in [9.17, 15) is 9.59 Å². The molecule has 2 aromatic carbocycles. The number of Topliss-reactive ketones (excluding diaryl/α,β-unsaturated/α-hetero) is 1. The third kappa shape index (κ3) is 5.04. The minimum atomic E-state index is -0.327. The molecule has 0 amide bonds. The van der Waals surface area contributed by atoms with Gasteiger partial charge in [0.25, 0.3) is 0 Å². The lowest BCUT2D eigenvalue weighted by Gasteiger charge is -2.05. The van der Waals surface area contributed by atoms with Crippen molar-refractivity contribution in [1.29, 1.82) is 0 Å². The van der Waals surface area contributed by atoms with Crippen molar-refractivity contribution in [2.45, 2.75) is 29.6 Å². The summed E-state index contributed by atoms with van der Waals surface area (Å²) >= 11 is 1.64. The summed E-state index contributed by atoms with van der Waals surface area (Å²) in [5.41, 5.74) is 0.557. The van der Waals surface area contributed by atoms with E-state index in [2.05, 4.69) is 0 Å². The molecule has 22 heavy (non-hydrogen) atoms. The van der Waals surface area contributed by atoms with Crippen LogP contribution in [0.15, 0.2) is 64.4 Å². The molecule has 0 spiro atoms. The minimum absolute atomic E-state index is 0.180. The van der Waals surface area contributed by atoms with Gasteiger partial charge < -0.3 is 4.74 Å². The molecule has 4 heteroatoms. The highest BCUT2D eigenvalue weighted by Crippen LogP contribution is 2.27. The molecule has 114 valence electrons. The standard InChI is InChI=1S/C18H18O3S/c1-2-6-18(20)21-13-17(19)14-9-11-16(12-10-14)22-15-7-4-3-5-8-15/h3-5,7-12H,2,6,13H2,1H3. The molecule has 0 radical (unpaired) electrons. The van der Waals surface area contributed by atoms with Gasteiger partial charge in [0.05, 0.1) is 0 Å². The van der Waals surface area contributed by atoms with E-state index in [4.69, 9.17) is 4.74 Å². The van der Waals surface area contributed by atoms with Gasteiger partial charge in [-0.25, -0.2) is 0 Å². The average Bonchev–Trinajstić information content (AvgIpc) is 2.54. The summed E-state index contributed by atoms with van der Waals surface area (Å²) in [5, 5.41) is 0.